The van der Waals surface area contributed by atoms with E-state index in [1.54, 1.807) is 36.6 Å². The molecule has 6 nitrogen and oxygen atoms in total. The third-order valence-electron chi connectivity index (χ3n) is 5.14. The van der Waals surface area contributed by atoms with Gasteiger partial charge in [0, 0.05) is 35.7 Å². The first-order valence-electron chi connectivity index (χ1n) is 10.3. The molecule has 0 bridgehead atoms. The summed E-state index contributed by atoms with van der Waals surface area (Å²) in [5.74, 6) is -0.241. The summed E-state index contributed by atoms with van der Waals surface area (Å²) in [5.41, 5.74) is -0.109. The third-order valence-corrected chi connectivity index (χ3v) is 6.15. The predicted molar refractivity (Wildman–Crippen MR) is 132 cm³/mol. The average molecular weight is 505 g/mol. The summed E-state index contributed by atoms with van der Waals surface area (Å²) >= 11 is 7.06. The summed E-state index contributed by atoms with van der Waals surface area (Å²) in [6.07, 6.45) is 5.80. The second kappa shape index (κ2) is 11.4. The molecule has 3 aromatic rings. The molecule has 0 saturated carbocycles. The van der Waals surface area contributed by atoms with Crippen molar-refractivity contribution >= 4 is 39.7 Å². The van der Waals surface area contributed by atoms with Gasteiger partial charge in [0.2, 0.25) is 0 Å². The van der Waals surface area contributed by atoms with Crippen LogP contribution in [0.25, 0.3) is 0 Å². The zero-order valence-electron chi connectivity index (χ0n) is 18.3. The van der Waals surface area contributed by atoms with Crippen LogP contribution in [0.4, 0.5) is 19.6 Å². The van der Waals surface area contributed by atoms with Crippen LogP contribution >= 0.6 is 22.9 Å². The fourth-order valence-corrected chi connectivity index (χ4v) is 4.14. The molecular weight excluding hydrogens is 482 g/mol. The summed E-state index contributed by atoms with van der Waals surface area (Å²) in [5, 5.41) is 19.4. The van der Waals surface area contributed by atoms with Gasteiger partial charge in [-0.3, -0.25) is 10.1 Å². The van der Waals surface area contributed by atoms with Crippen molar-refractivity contribution in [2.24, 2.45) is 0 Å². The minimum absolute atomic E-state index is 0.00322. The Morgan fingerprint density at radius 1 is 1.21 bits per heavy atom. The van der Waals surface area contributed by atoms with Crippen molar-refractivity contribution in [1.82, 2.24) is 10.3 Å². The second-order valence-corrected chi connectivity index (χ2v) is 8.78. The number of thiazole rings is 1. The number of halogens is 3. The molecule has 34 heavy (non-hydrogen) atoms. The number of carbonyl (C=O) groups is 1. The minimum atomic E-state index is -1.00. The van der Waals surface area contributed by atoms with Crippen molar-refractivity contribution in [3.05, 3.63) is 75.3 Å². The second-order valence-electron chi connectivity index (χ2n) is 7.48. The molecule has 178 valence electrons. The third kappa shape index (κ3) is 5.90. The molecular formula is C24H23ClF2N4O2S. The fourth-order valence-electron chi connectivity index (χ4n) is 3.20. The Balaban J connectivity index is 1.73. The number of nitrogens with one attached hydrogen (secondary N) is 3. The molecule has 1 aromatic heterocycles. The molecule has 0 aliphatic carbocycles. The maximum Gasteiger partial charge on any atom is 0.263 e. The number of benzene rings is 2. The monoisotopic (exact) mass is 504 g/mol. The molecule has 2 aromatic carbocycles. The van der Waals surface area contributed by atoms with Crippen LogP contribution in [0.1, 0.15) is 28.5 Å². The Morgan fingerprint density at radius 2 is 1.88 bits per heavy atom. The van der Waals surface area contributed by atoms with E-state index in [2.05, 4.69) is 26.9 Å². The van der Waals surface area contributed by atoms with Crippen LogP contribution in [0.15, 0.2) is 41.8 Å². The van der Waals surface area contributed by atoms with Gasteiger partial charge >= 0.3 is 0 Å². The summed E-state index contributed by atoms with van der Waals surface area (Å²) in [7, 11) is 0. The van der Waals surface area contributed by atoms with Crippen molar-refractivity contribution in [1.29, 1.82) is 0 Å². The number of nitrogens with zero attached hydrogens (tertiary/aromatic N) is 1. The number of aliphatic hydroxyl groups is 1. The Morgan fingerprint density at radius 3 is 2.50 bits per heavy atom. The zero-order valence-corrected chi connectivity index (χ0v) is 19.9. The highest BCUT2D eigenvalue weighted by Crippen LogP contribution is 2.34. The van der Waals surface area contributed by atoms with Crippen LogP contribution in [0.3, 0.4) is 0 Å². The Bertz CT molecular complexity index is 1170. The number of aromatic nitrogens is 1. The number of carbonyl (C=O) groups excluding carboxylic acids is 1. The van der Waals surface area contributed by atoms with Gasteiger partial charge in [-0.05, 0) is 36.8 Å². The van der Waals surface area contributed by atoms with Crippen LogP contribution in [0.5, 0.6) is 0 Å². The van der Waals surface area contributed by atoms with Gasteiger partial charge < -0.3 is 15.7 Å². The number of amides is 1. The number of aliphatic hydroxyl groups excluding tert-OH is 1. The summed E-state index contributed by atoms with van der Waals surface area (Å²) in [6.45, 7) is 3.10. The first kappa shape index (κ1) is 25.6. The normalized spacial score (nSPS) is 12.6. The maximum atomic E-state index is 14.6. The first-order valence-corrected chi connectivity index (χ1v) is 11.6. The summed E-state index contributed by atoms with van der Waals surface area (Å²) in [4.78, 5) is 17.0. The lowest BCUT2D eigenvalue weighted by molar-refractivity contribution is 0.101. The number of terminal acetylenes is 1. The lowest BCUT2D eigenvalue weighted by Crippen LogP contribution is -2.25. The van der Waals surface area contributed by atoms with E-state index in [0.29, 0.717) is 30.4 Å². The average Bonchev–Trinajstić information content (AvgIpc) is 3.27. The molecule has 3 rings (SSSR count). The molecule has 1 atom stereocenters. The van der Waals surface area contributed by atoms with E-state index >= 15 is 0 Å². The number of anilines is 2. The van der Waals surface area contributed by atoms with Crippen molar-refractivity contribution in [3.8, 4) is 12.3 Å². The molecule has 0 aliphatic rings. The largest absolute Gasteiger partial charge is 0.395 e. The van der Waals surface area contributed by atoms with Gasteiger partial charge in [-0.2, -0.15) is 0 Å². The fraction of sp³-hybridized carbons (Fsp3) is 0.250. The molecule has 1 unspecified atom stereocenters. The van der Waals surface area contributed by atoms with E-state index in [1.807, 2.05) is 0 Å². The van der Waals surface area contributed by atoms with Gasteiger partial charge in [-0.15, -0.1) is 17.8 Å². The highest BCUT2D eigenvalue weighted by atomic mass is 35.5. The van der Waals surface area contributed by atoms with Gasteiger partial charge in [-0.25, -0.2) is 13.8 Å². The number of rotatable bonds is 10. The SMILES string of the molecule is C#CC(C)(c1ccc(Cl)cc1)c1csc(NC(=O)c2c(F)cc(NCCNCCO)cc2F)n1. The highest BCUT2D eigenvalue weighted by molar-refractivity contribution is 7.14. The molecule has 10 heteroatoms. The van der Waals surface area contributed by atoms with Crippen molar-refractivity contribution < 1.29 is 18.7 Å². The molecule has 0 aliphatic heterocycles. The zero-order chi connectivity index (χ0) is 24.7. The lowest BCUT2D eigenvalue weighted by atomic mass is 9.81. The van der Waals surface area contributed by atoms with E-state index in [9.17, 15) is 13.6 Å². The Labute approximate surface area is 205 Å². The molecule has 4 N–H and O–H groups in total. The van der Waals surface area contributed by atoms with Crippen LogP contribution in [0, 0.1) is 24.0 Å². The van der Waals surface area contributed by atoms with Crippen LogP contribution in [0.2, 0.25) is 5.02 Å². The van der Waals surface area contributed by atoms with Crippen LogP contribution in [-0.4, -0.2) is 42.2 Å². The molecule has 1 amide bonds. The van der Waals surface area contributed by atoms with Crippen molar-refractivity contribution in [2.45, 2.75) is 12.3 Å². The van der Waals surface area contributed by atoms with Gasteiger partial charge in [0.15, 0.2) is 5.13 Å². The topological polar surface area (TPSA) is 86.3 Å². The van der Waals surface area contributed by atoms with E-state index < -0.39 is 28.5 Å². The van der Waals surface area contributed by atoms with Crippen molar-refractivity contribution in [3.63, 3.8) is 0 Å². The van der Waals surface area contributed by atoms with E-state index in [1.165, 1.54) is 0 Å². The van der Waals surface area contributed by atoms with Crippen LogP contribution < -0.4 is 16.0 Å². The molecule has 1 heterocycles. The lowest BCUT2D eigenvalue weighted by Gasteiger charge is -2.22. The van der Waals surface area contributed by atoms with E-state index in [4.69, 9.17) is 23.1 Å². The smallest absolute Gasteiger partial charge is 0.263 e. The quantitative estimate of drug-likeness (QED) is 0.245. The minimum Gasteiger partial charge on any atom is -0.395 e. The first-order chi connectivity index (χ1) is 16.3. The molecule has 0 spiro atoms. The number of hydrogen-bond donors (Lipinski definition) is 4. The maximum absolute atomic E-state index is 14.6. The van der Waals surface area contributed by atoms with Gasteiger partial charge in [0.1, 0.15) is 17.2 Å². The highest BCUT2D eigenvalue weighted by Gasteiger charge is 2.30. The molecule has 0 radical (unpaired) electrons. The Kier molecular flexibility index (Phi) is 8.58. The molecule has 0 fully saturated rings. The van der Waals surface area contributed by atoms with Crippen molar-refractivity contribution in [2.75, 3.05) is 36.9 Å². The van der Waals surface area contributed by atoms with Crippen LogP contribution in [-0.2, 0) is 5.41 Å². The summed E-state index contributed by atoms with van der Waals surface area (Å²) in [6, 6.07) is 9.13. The van der Waals surface area contributed by atoms with Gasteiger partial charge in [0.05, 0.1) is 17.7 Å². The summed E-state index contributed by atoms with van der Waals surface area (Å²) < 4.78 is 29.1. The standard InChI is InChI=1S/C24H23ClF2N4O2S/c1-3-24(2,15-4-6-16(25)7-5-15)20-14-34-23(30-20)31-22(33)21-18(26)12-17(13-19(21)27)29-9-8-28-10-11-32/h1,4-7,12-14,28-29,32H,8-11H2,2H3,(H,30,31,33). The predicted octanol–water partition coefficient (Wildman–Crippen LogP) is 4.26. The molecule has 0 saturated heterocycles. The van der Waals surface area contributed by atoms with Gasteiger partial charge in [-0.1, -0.05) is 29.7 Å². The van der Waals surface area contributed by atoms with E-state index in [0.717, 1.165) is 29.0 Å². The van der Waals surface area contributed by atoms with E-state index in [-0.39, 0.29) is 17.4 Å². The Hall–Kier alpha value is -3.03. The van der Waals surface area contributed by atoms with Gasteiger partial charge in [0.25, 0.3) is 5.91 Å². The number of hydrogen-bond acceptors (Lipinski definition) is 6.